The van der Waals surface area contributed by atoms with Gasteiger partial charge in [0.05, 0.1) is 12.6 Å². The van der Waals surface area contributed by atoms with Gasteiger partial charge in [0.2, 0.25) is 4.77 Å². The Hall–Kier alpha value is -1.53. The Labute approximate surface area is 136 Å². The van der Waals surface area contributed by atoms with Gasteiger partial charge in [-0.15, -0.1) is 5.10 Å². The lowest BCUT2D eigenvalue weighted by Gasteiger charge is -2.31. The second-order valence-electron chi connectivity index (χ2n) is 6.07. The molecule has 1 unspecified atom stereocenters. The smallest absolute Gasteiger partial charge is 0.202 e. The van der Waals surface area contributed by atoms with Crippen molar-refractivity contribution in [2.24, 2.45) is 7.05 Å². The fourth-order valence-electron chi connectivity index (χ4n) is 3.39. The summed E-state index contributed by atoms with van der Waals surface area (Å²) in [5, 5.41) is 4.77. The van der Waals surface area contributed by atoms with E-state index in [0.717, 1.165) is 28.9 Å². The number of rotatable bonds is 4. The van der Waals surface area contributed by atoms with Gasteiger partial charge in [-0.1, -0.05) is 6.92 Å². The fourth-order valence-corrected chi connectivity index (χ4v) is 3.58. The molecular formula is C16H24N5S+. The lowest BCUT2D eigenvalue weighted by atomic mass is 10.0. The monoisotopic (exact) mass is 318 g/mol. The van der Waals surface area contributed by atoms with E-state index < -0.39 is 0 Å². The first-order valence-electron chi connectivity index (χ1n) is 8.09. The van der Waals surface area contributed by atoms with Crippen LogP contribution < -0.4 is 4.90 Å². The summed E-state index contributed by atoms with van der Waals surface area (Å²) in [6.07, 6.45) is 8.80. The number of hydrogen-bond acceptors (Lipinski definition) is 3. The van der Waals surface area contributed by atoms with Crippen molar-refractivity contribution in [3.8, 4) is 11.4 Å². The van der Waals surface area contributed by atoms with Crippen molar-refractivity contribution in [2.45, 2.75) is 45.3 Å². The molecule has 5 nitrogen and oxygen atoms in total. The van der Waals surface area contributed by atoms with Crippen molar-refractivity contribution in [3.05, 3.63) is 29.3 Å². The van der Waals surface area contributed by atoms with Crippen LogP contribution in [0, 0.1) is 4.77 Å². The first-order chi connectivity index (χ1) is 10.7. The Morgan fingerprint density at radius 3 is 2.82 bits per heavy atom. The zero-order valence-electron chi connectivity index (χ0n) is 13.3. The van der Waals surface area contributed by atoms with Gasteiger partial charge in [0.25, 0.3) is 0 Å². The van der Waals surface area contributed by atoms with Gasteiger partial charge in [0.1, 0.15) is 0 Å². The largest absolute Gasteiger partial charge is 0.314 e. The van der Waals surface area contributed by atoms with Crippen LogP contribution in [0.1, 0.15) is 32.6 Å². The molecule has 118 valence electrons. The molecule has 1 saturated heterocycles. The Kier molecular flexibility index (Phi) is 4.69. The molecule has 0 aromatic carbocycles. The summed E-state index contributed by atoms with van der Waals surface area (Å²) < 4.78 is 4.78. The third-order valence-electron chi connectivity index (χ3n) is 4.70. The van der Waals surface area contributed by atoms with Crippen molar-refractivity contribution in [2.75, 3.05) is 6.54 Å². The van der Waals surface area contributed by atoms with E-state index in [1.807, 2.05) is 28.4 Å². The molecule has 0 aliphatic carbocycles. The summed E-state index contributed by atoms with van der Waals surface area (Å²) in [5.74, 6) is 0.914. The normalized spacial score (nSPS) is 21.9. The van der Waals surface area contributed by atoms with Crippen molar-refractivity contribution >= 4 is 12.2 Å². The summed E-state index contributed by atoms with van der Waals surface area (Å²) in [5.41, 5.74) is 1.06. The van der Waals surface area contributed by atoms with Gasteiger partial charge in [0, 0.05) is 25.0 Å². The molecule has 0 radical (unpaired) electrons. The molecule has 1 fully saturated rings. The Bertz CT molecular complexity index is 676. The minimum Gasteiger partial charge on any atom is -0.314 e. The SMILES string of the molecule is CC[C@H]1CCCC[NH+]1Cn1nc(-c2ccncc2)n(C)c1=S. The number of hydrogen-bond donors (Lipinski definition) is 1. The minimum absolute atomic E-state index is 0.738. The molecule has 1 N–H and O–H groups in total. The molecule has 0 amide bonds. The standard InChI is InChI=1S/C16H23N5S/c1-3-14-6-4-5-11-20(14)12-21-16(22)19(2)15(18-21)13-7-9-17-10-8-13/h7-10,14H,3-6,11-12H2,1-2H3/p+1/t14-/m0/s1. The molecule has 6 heteroatoms. The van der Waals surface area contributed by atoms with Gasteiger partial charge in [0.15, 0.2) is 12.5 Å². The molecule has 1 aliphatic rings. The third kappa shape index (κ3) is 2.98. The zero-order chi connectivity index (χ0) is 15.5. The van der Waals surface area contributed by atoms with E-state index in [-0.39, 0.29) is 0 Å². The number of pyridine rings is 1. The lowest BCUT2D eigenvalue weighted by Crippen LogP contribution is -3.15. The maximum Gasteiger partial charge on any atom is 0.202 e. The molecule has 2 atom stereocenters. The van der Waals surface area contributed by atoms with E-state index in [4.69, 9.17) is 17.3 Å². The molecule has 2 aromatic rings. The van der Waals surface area contributed by atoms with Gasteiger partial charge < -0.3 is 9.47 Å². The number of quaternary nitrogens is 1. The van der Waals surface area contributed by atoms with Gasteiger partial charge >= 0.3 is 0 Å². The van der Waals surface area contributed by atoms with Gasteiger partial charge in [-0.3, -0.25) is 4.98 Å². The third-order valence-corrected chi connectivity index (χ3v) is 5.19. The highest BCUT2D eigenvalue weighted by Gasteiger charge is 2.25. The summed E-state index contributed by atoms with van der Waals surface area (Å²) >= 11 is 5.59. The summed E-state index contributed by atoms with van der Waals surface area (Å²) in [7, 11) is 1.99. The van der Waals surface area contributed by atoms with Crippen LogP contribution in [0.25, 0.3) is 11.4 Å². The summed E-state index contributed by atoms with van der Waals surface area (Å²) in [6, 6.07) is 4.69. The van der Waals surface area contributed by atoms with Crippen LogP contribution in [-0.4, -0.2) is 31.9 Å². The van der Waals surface area contributed by atoms with E-state index in [0.29, 0.717) is 0 Å². The lowest BCUT2D eigenvalue weighted by molar-refractivity contribution is -0.953. The first-order valence-corrected chi connectivity index (χ1v) is 8.50. The highest BCUT2D eigenvalue weighted by atomic mass is 32.1. The summed E-state index contributed by atoms with van der Waals surface area (Å²) in [6.45, 7) is 4.38. The molecule has 2 aromatic heterocycles. The predicted octanol–water partition coefficient (Wildman–Crippen LogP) is 1.82. The Morgan fingerprint density at radius 2 is 2.09 bits per heavy atom. The van der Waals surface area contributed by atoms with Crippen LogP contribution in [0.15, 0.2) is 24.5 Å². The van der Waals surface area contributed by atoms with E-state index in [9.17, 15) is 0 Å². The van der Waals surface area contributed by atoms with Crippen LogP contribution in [-0.2, 0) is 13.7 Å². The predicted molar refractivity (Wildman–Crippen MR) is 89.0 cm³/mol. The Morgan fingerprint density at radius 1 is 1.32 bits per heavy atom. The molecule has 22 heavy (non-hydrogen) atoms. The second kappa shape index (κ2) is 6.71. The molecule has 3 rings (SSSR count). The van der Waals surface area contributed by atoms with Gasteiger partial charge in [-0.05, 0) is 50.0 Å². The van der Waals surface area contributed by atoms with Crippen LogP contribution in [0.5, 0.6) is 0 Å². The number of likely N-dealkylation sites (tertiary alicyclic amines) is 1. The molecule has 3 heterocycles. The average Bonchev–Trinajstić information content (AvgIpc) is 2.85. The van der Waals surface area contributed by atoms with Crippen molar-refractivity contribution in [1.29, 1.82) is 0 Å². The number of nitrogens with one attached hydrogen (secondary N) is 1. The first kappa shape index (κ1) is 15.4. The molecule has 0 bridgehead atoms. The van der Waals surface area contributed by atoms with Gasteiger partial charge in [-0.2, -0.15) is 4.68 Å². The van der Waals surface area contributed by atoms with Crippen LogP contribution in [0.2, 0.25) is 0 Å². The number of aromatic nitrogens is 4. The topological polar surface area (TPSA) is 40.1 Å². The van der Waals surface area contributed by atoms with Crippen LogP contribution >= 0.6 is 12.2 Å². The van der Waals surface area contributed by atoms with Crippen LogP contribution in [0.3, 0.4) is 0 Å². The number of nitrogens with zero attached hydrogens (tertiary/aromatic N) is 4. The van der Waals surface area contributed by atoms with E-state index in [1.165, 1.54) is 32.2 Å². The molecular weight excluding hydrogens is 294 g/mol. The second-order valence-corrected chi connectivity index (χ2v) is 6.43. The van der Waals surface area contributed by atoms with Crippen LogP contribution in [0.4, 0.5) is 0 Å². The number of piperidine rings is 1. The van der Waals surface area contributed by atoms with E-state index in [2.05, 4.69) is 11.9 Å². The van der Waals surface area contributed by atoms with E-state index >= 15 is 0 Å². The molecule has 0 spiro atoms. The van der Waals surface area contributed by atoms with Crippen molar-refractivity contribution in [3.63, 3.8) is 0 Å². The minimum atomic E-state index is 0.738. The Balaban J connectivity index is 1.87. The molecule has 1 aliphatic heterocycles. The fraction of sp³-hybridized carbons (Fsp3) is 0.562. The molecule has 0 saturated carbocycles. The maximum absolute atomic E-state index is 5.59. The van der Waals surface area contributed by atoms with E-state index in [1.54, 1.807) is 17.3 Å². The highest BCUT2D eigenvalue weighted by molar-refractivity contribution is 7.71. The highest BCUT2D eigenvalue weighted by Crippen LogP contribution is 2.15. The quantitative estimate of drug-likeness (QED) is 0.874. The summed E-state index contributed by atoms with van der Waals surface area (Å²) in [4.78, 5) is 5.69. The maximum atomic E-state index is 5.59. The van der Waals surface area contributed by atoms with Gasteiger partial charge in [-0.25, -0.2) is 0 Å². The van der Waals surface area contributed by atoms with Crippen molar-refractivity contribution in [1.82, 2.24) is 19.3 Å². The average molecular weight is 318 g/mol. The zero-order valence-corrected chi connectivity index (χ0v) is 14.1. The van der Waals surface area contributed by atoms with Crippen molar-refractivity contribution < 1.29 is 4.90 Å².